The number of methoxy groups -OCH3 is 1. The number of aromatic nitrogens is 1. The third-order valence-electron chi connectivity index (χ3n) is 3.79. The van der Waals surface area contributed by atoms with E-state index in [1.54, 1.807) is 14.0 Å². The van der Waals surface area contributed by atoms with Crippen LogP contribution in [0.3, 0.4) is 0 Å². The lowest BCUT2D eigenvalue weighted by Crippen LogP contribution is -2.02. The van der Waals surface area contributed by atoms with Gasteiger partial charge in [-0.1, -0.05) is 30.3 Å². The van der Waals surface area contributed by atoms with E-state index in [0.29, 0.717) is 6.61 Å². The van der Waals surface area contributed by atoms with Gasteiger partial charge in [-0.3, -0.25) is 0 Å². The zero-order valence-corrected chi connectivity index (χ0v) is 13.7. The molecule has 0 fully saturated rings. The highest BCUT2D eigenvalue weighted by Crippen LogP contribution is 2.33. The number of rotatable bonds is 5. The third kappa shape index (κ3) is 3.18. The fraction of sp³-hybridized carbons (Fsp3) is 0.150. The molecule has 1 N–H and O–H groups in total. The van der Waals surface area contributed by atoms with Gasteiger partial charge >= 0.3 is 5.97 Å². The normalized spacial score (nSPS) is 11.5. The van der Waals surface area contributed by atoms with Crippen molar-refractivity contribution in [1.29, 1.82) is 0 Å². The Morgan fingerprint density at radius 3 is 2.67 bits per heavy atom. The van der Waals surface area contributed by atoms with E-state index in [1.807, 2.05) is 54.7 Å². The molecule has 0 unspecified atom stereocenters. The van der Waals surface area contributed by atoms with E-state index in [2.05, 4.69) is 4.98 Å². The molecule has 0 aliphatic carbocycles. The maximum absolute atomic E-state index is 12.1. The van der Waals surface area contributed by atoms with Crippen molar-refractivity contribution < 1.29 is 14.3 Å². The average Bonchev–Trinajstić information content (AvgIpc) is 3.08. The average molecular weight is 321 g/mol. The Balaban J connectivity index is 2.23. The van der Waals surface area contributed by atoms with Crippen molar-refractivity contribution in [1.82, 2.24) is 4.98 Å². The zero-order valence-electron chi connectivity index (χ0n) is 13.7. The smallest absolute Gasteiger partial charge is 0.331 e. The SMILES string of the molecule is CCOC(=O)/C=C(\c1ccccc1)c1cc(OC)cc2cc[nH]c12. The van der Waals surface area contributed by atoms with Gasteiger partial charge in [-0.25, -0.2) is 4.79 Å². The Labute approximate surface area is 140 Å². The van der Waals surface area contributed by atoms with Gasteiger partial charge in [-0.15, -0.1) is 0 Å². The fourth-order valence-electron chi connectivity index (χ4n) is 2.71. The predicted molar refractivity (Wildman–Crippen MR) is 95.0 cm³/mol. The summed E-state index contributed by atoms with van der Waals surface area (Å²) < 4.78 is 10.5. The number of esters is 1. The molecule has 1 heterocycles. The summed E-state index contributed by atoms with van der Waals surface area (Å²) in [6.45, 7) is 2.13. The molecule has 0 saturated heterocycles. The molecule has 0 radical (unpaired) electrons. The van der Waals surface area contributed by atoms with Crippen LogP contribution in [0.15, 0.2) is 60.8 Å². The number of carbonyl (C=O) groups is 1. The molecule has 1 aromatic heterocycles. The summed E-state index contributed by atoms with van der Waals surface area (Å²) in [5, 5.41) is 1.02. The molecule has 0 atom stereocenters. The van der Waals surface area contributed by atoms with E-state index in [9.17, 15) is 4.79 Å². The fourth-order valence-corrected chi connectivity index (χ4v) is 2.71. The topological polar surface area (TPSA) is 51.3 Å². The molecule has 4 heteroatoms. The molecule has 24 heavy (non-hydrogen) atoms. The zero-order chi connectivity index (χ0) is 16.9. The van der Waals surface area contributed by atoms with Crippen LogP contribution in [0.1, 0.15) is 18.1 Å². The number of aromatic amines is 1. The summed E-state index contributed by atoms with van der Waals surface area (Å²) in [5.41, 5.74) is 3.58. The molecule has 2 aromatic carbocycles. The van der Waals surface area contributed by atoms with Gasteiger partial charge in [0.05, 0.1) is 19.2 Å². The Morgan fingerprint density at radius 1 is 1.17 bits per heavy atom. The molecule has 0 bridgehead atoms. The van der Waals surface area contributed by atoms with Gasteiger partial charge in [0.25, 0.3) is 0 Å². The molecule has 4 nitrogen and oxygen atoms in total. The molecular formula is C20H19NO3. The molecular weight excluding hydrogens is 302 g/mol. The van der Waals surface area contributed by atoms with Crippen LogP contribution >= 0.6 is 0 Å². The largest absolute Gasteiger partial charge is 0.497 e. The quantitative estimate of drug-likeness (QED) is 0.567. The van der Waals surface area contributed by atoms with E-state index >= 15 is 0 Å². The number of hydrogen-bond acceptors (Lipinski definition) is 3. The summed E-state index contributed by atoms with van der Waals surface area (Å²) in [6, 6.07) is 15.6. The van der Waals surface area contributed by atoms with Gasteiger partial charge in [-0.2, -0.15) is 0 Å². The first-order chi connectivity index (χ1) is 11.7. The standard InChI is InChI=1S/C20H19NO3/c1-3-24-19(22)13-17(14-7-5-4-6-8-14)18-12-16(23-2)11-15-9-10-21-20(15)18/h4-13,21H,3H2,1-2H3/b17-13+. The first-order valence-corrected chi connectivity index (χ1v) is 7.82. The summed E-state index contributed by atoms with van der Waals surface area (Å²) in [7, 11) is 1.63. The van der Waals surface area contributed by atoms with Crippen LogP contribution < -0.4 is 4.74 Å². The number of carbonyl (C=O) groups excluding carboxylic acids is 1. The van der Waals surface area contributed by atoms with E-state index < -0.39 is 0 Å². The Kier molecular flexibility index (Phi) is 4.66. The molecule has 3 rings (SSSR count). The highest BCUT2D eigenvalue weighted by molar-refractivity contribution is 6.03. The second kappa shape index (κ2) is 7.04. The lowest BCUT2D eigenvalue weighted by molar-refractivity contribution is -0.137. The summed E-state index contributed by atoms with van der Waals surface area (Å²) in [5.74, 6) is 0.377. The van der Waals surface area contributed by atoms with E-state index in [0.717, 1.165) is 33.4 Å². The maximum Gasteiger partial charge on any atom is 0.331 e. The monoisotopic (exact) mass is 321 g/mol. The van der Waals surface area contributed by atoms with Crippen LogP contribution in [0.5, 0.6) is 5.75 Å². The number of fused-ring (bicyclic) bond motifs is 1. The number of ether oxygens (including phenoxy) is 2. The van der Waals surface area contributed by atoms with Crippen LogP contribution in [0.4, 0.5) is 0 Å². The highest BCUT2D eigenvalue weighted by Gasteiger charge is 2.14. The van der Waals surface area contributed by atoms with Crippen LogP contribution in [0.25, 0.3) is 16.5 Å². The summed E-state index contributed by atoms with van der Waals surface area (Å²) in [6.07, 6.45) is 3.41. The lowest BCUT2D eigenvalue weighted by Gasteiger charge is -2.12. The third-order valence-corrected chi connectivity index (χ3v) is 3.79. The van der Waals surface area contributed by atoms with Gasteiger partial charge < -0.3 is 14.5 Å². The van der Waals surface area contributed by atoms with Crippen molar-refractivity contribution in [2.75, 3.05) is 13.7 Å². The minimum Gasteiger partial charge on any atom is -0.497 e. The Morgan fingerprint density at radius 2 is 1.96 bits per heavy atom. The highest BCUT2D eigenvalue weighted by atomic mass is 16.5. The maximum atomic E-state index is 12.1. The predicted octanol–water partition coefficient (Wildman–Crippen LogP) is 4.17. The van der Waals surface area contributed by atoms with Crippen molar-refractivity contribution >= 4 is 22.4 Å². The van der Waals surface area contributed by atoms with E-state index in [1.165, 1.54) is 6.08 Å². The number of nitrogens with one attached hydrogen (secondary N) is 1. The van der Waals surface area contributed by atoms with Crippen LogP contribution in [-0.4, -0.2) is 24.7 Å². The first kappa shape index (κ1) is 15.9. The number of H-pyrrole nitrogens is 1. The van der Waals surface area contributed by atoms with Crippen molar-refractivity contribution in [3.63, 3.8) is 0 Å². The molecule has 3 aromatic rings. The van der Waals surface area contributed by atoms with Crippen molar-refractivity contribution in [3.8, 4) is 5.75 Å². The summed E-state index contributed by atoms with van der Waals surface area (Å²) in [4.78, 5) is 15.3. The molecule has 0 aliphatic heterocycles. The van der Waals surface area contributed by atoms with Crippen molar-refractivity contribution in [2.45, 2.75) is 6.92 Å². The first-order valence-electron chi connectivity index (χ1n) is 7.82. The van der Waals surface area contributed by atoms with Gasteiger partial charge in [0.15, 0.2) is 0 Å². The van der Waals surface area contributed by atoms with Crippen molar-refractivity contribution in [2.24, 2.45) is 0 Å². The Bertz CT molecular complexity index is 878. The van der Waals surface area contributed by atoms with Gasteiger partial charge in [0.2, 0.25) is 0 Å². The number of benzene rings is 2. The lowest BCUT2D eigenvalue weighted by atomic mass is 9.95. The molecule has 0 spiro atoms. The molecule has 0 aliphatic rings. The van der Waals surface area contributed by atoms with Gasteiger partial charge in [-0.05, 0) is 36.3 Å². The Hall–Kier alpha value is -3.01. The molecule has 0 amide bonds. The number of hydrogen-bond donors (Lipinski definition) is 1. The minimum atomic E-state index is -0.362. The van der Waals surface area contributed by atoms with E-state index in [-0.39, 0.29) is 5.97 Å². The van der Waals surface area contributed by atoms with E-state index in [4.69, 9.17) is 9.47 Å². The van der Waals surface area contributed by atoms with Gasteiger partial charge in [0.1, 0.15) is 5.75 Å². The molecule has 0 saturated carbocycles. The van der Waals surface area contributed by atoms with Crippen LogP contribution in [0, 0.1) is 0 Å². The van der Waals surface area contributed by atoms with Crippen LogP contribution in [0.2, 0.25) is 0 Å². The summed E-state index contributed by atoms with van der Waals surface area (Å²) >= 11 is 0. The van der Waals surface area contributed by atoms with Crippen LogP contribution in [-0.2, 0) is 9.53 Å². The minimum absolute atomic E-state index is 0.341. The second-order valence-corrected chi connectivity index (χ2v) is 5.29. The van der Waals surface area contributed by atoms with Gasteiger partial charge in [0, 0.05) is 23.2 Å². The molecule has 122 valence electrons. The second-order valence-electron chi connectivity index (χ2n) is 5.29. The van der Waals surface area contributed by atoms with Crippen molar-refractivity contribution in [3.05, 3.63) is 71.9 Å².